The second-order valence-electron chi connectivity index (χ2n) is 3.46. The van der Waals surface area contributed by atoms with E-state index in [0.717, 1.165) is 25.1 Å². The van der Waals surface area contributed by atoms with E-state index < -0.39 is 11.7 Å². The molecule has 0 radical (unpaired) electrons. The van der Waals surface area contributed by atoms with Gasteiger partial charge in [-0.25, -0.2) is 4.98 Å². The van der Waals surface area contributed by atoms with Crippen LogP contribution in [0.2, 0.25) is 5.02 Å². The molecule has 0 aliphatic rings. The Labute approximate surface area is 103 Å². The maximum atomic E-state index is 12.3. The summed E-state index contributed by atoms with van der Waals surface area (Å²) in [6, 6.07) is 0.846. The standard InChI is InChI=1S/C12H11ClF3N/c1-2-3-4-5-6-11-10(13)7-9(8-17-11)12(14,15)16/h7-8H,2-4H2,1H3. The van der Waals surface area contributed by atoms with Crippen molar-refractivity contribution in [2.45, 2.75) is 32.4 Å². The van der Waals surface area contributed by atoms with E-state index in [0.29, 0.717) is 6.42 Å². The van der Waals surface area contributed by atoms with E-state index in [1.54, 1.807) is 0 Å². The molecule has 0 unspecified atom stereocenters. The maximum absolute atomic E-state index is 12.3. The van der Waals surface area contributed by atoms with Gasteiger partial charge in [0, 0.05) is 12.6 Å². The van der Waals surface area contributed by atoms with E-state index in [2.05, 4.69) is 16.8 Å². The lowest BCUT2D eigenvalue weighted by Gasteiger charge is -2.06. The summed E-state index contributed by atoms with van der Waals surface area (Å²) in [7, 11) is 0. The fourth-order valence-electron chi connectivity index (χ4n) is 1.10. The molecule has 0 saturated carbocycles. The predicted molar refractivity (Wildman–Crippen MR) is 60.7 cm³/mol. The van der Waals surface area contributed by atoms with Crippen molar-refractivity contribution in [1.82, 2.24) is 4.98 Å². The number of unbranched alkanes of at least 4 members (excludes halogenated alkanes) is 2. The number of hydrogen-bond acceptors (Lipinski definition) is 1. The first kappa shape index (κ1) is 13.9. The molecule has 0 aliphatic carbocycles. The van der Waals surface area contributed by atoms with Crippen molar-refractivity contribution in [3.8, 4) is 11.8 Å². The topological polar surface area (TPSA) is 12.9 Å². The van der Waals surface area contributed by atoms with Gasteiger partial charge >= 0.3 is 6.18 Å². The molecular weight excluding hydrogens is 251 g/mol. The average molecular weight is 262 g/mol. The SMILES string of the molecule is CCCCC#Cc1ncc(C(F)(F)F)cc1Cl. The molecule has 1 aromatic heterocycles. The number of nitrogens with zero attached hydrogens (tertiary/aromatic N) is 1. The van der Waals surface area contributed by atoms with Gasteiger partial charge in [0.05, 0.1) is 10.6 Å². The Morgan fingerprint density at radius 1 is 1.41 bits per heavy atom. The zero-order chi connectivity index (χ0) is 12.9. The molecule has 0 aliphatic heterocycles. The third kappa shape index (κ3) is 4.27. The predicted octanol–water partition coefficient (Wildman–Crippen LogP) is 4.30. The Hall–Kier alpha value is -1.21. The Balaban J connectivity index is 2.86. The molecule has 1 nitrogen and oxygen atoms in total. The second kappa shape index (κ2) is 5.92. The van der Waals surface area contributed by atoms with Gasteiger partial charge in [0.2, 0.25) is 0 Å². The number of pyridine rings is 1. The highest BCUT2D eigenvalue weighted by Crippen LogP contribution is 2.30. The largest absolute Gasteiger partial charge is 0.417 e. The molecule has 1 heterocycles. The summed E-state index contributed by atoms with van der Waals surface area (Å²) >= 11 is 5.68. The monoisotopic (exact) mass is 261 g/mol. The molecule has 0 spiro atoms. The molecule has 0 fully saturated rings. The van der Waals surface area contributed by atoms with Gasteiger partial charge in [-0.3, -0.25) is 0 Å². The number of alkyl halides is 3. The molecule has 0 N–H and O–H groups in total. The third-order valence-corrected chi connectivity index (χ3v) is 2.32. The summed E-state index contributed by atoms with van der Waals surface area (Å²) < 4.78 is 37.0. The summed E-state index contributed by atoms with van der Waals surface area (Å²) in [6.07, 6.45) is -1.02. The average Bonchev–Trinajstić information content (AvgIpc) is 2.24. The van der Waals surface area contributed by atoms with E-state index in [9.17, 15) is 13.2 Å². The van der Waals surface area contributed by atoms with Crippen LogP contribution in [0.5, 0.6) is 0 Å². The lowest BCUT2D eigenvalue weighted by atomic mass is 10.2. The fraction of sp³-hybridized carbons (Fsp3) is 0.417. The van der Waals surface area contributed by atoms with Crippen LogP contribution in [0.4, 0.5) is 13.2 Å². The van der Waals surface area contributed by atoms with Gasteiger partial charge in [-0.15, -0.1) is 0 Å². The number of aromatic nitrogens is 1. The Morgan fingerprint density at radius 3 is 2.65 bits per heavy atom. The molecule has 1 rings (SSSR count). The van der Waals surface area contributed by atoms with Crippen LogP contribution < -0.4 is 0 Å². The first-order chi connectivity index (χ1) is 7.95. The van der Waals surface area contributed by atoms with Gasteiger partial charge < -0.3 is 0 Å². The van der Waals surface area contributed by atoms with Crippen LogP contribution in [0.15, 0.2) is 12.3 Å². The van der Waals surface area contributed by atoms with Crippen molar-refractivity contribution in [2.24, 2.45) is 0 Å². The van der Waals surface area contributed by atoms with Gasteiger partial charge in [-0.05, 0) is 18.4 Å². The van der Waals surface area contributed by atoms with E-state index in [1.807, 2.05) is 6.92 Å². The van der Waals surface area contributed by atoms with Crippen LogP contribution in [-0.4, -0.2) is 4.98 Å². The number of hydrogen-bond donors (Lipinski definition) is 0. The molecule has 0 atom stereocenters. The van der Waals surface area contributed by atoms with E-state index >= 15 is 0 Å². The van der Waals surface area contributed by atoms with Crippen LogP contribution in [0.25, 0.3) is 0 Å². The van der Waals surface area contributed by atoms with Crippen molar-refractivity contribution in [2.75, 3.05) is 0 Å². The van der Waals surface area contributed by atoms with Gasteiger partial charge in [-0.1, -0.05) is 30.9 Å². The Kier molecular flexibility index (Phi) is 4.83. The summed E-state index contributed by atoms with van der Waals surface area (Å²) in [5, 5.41) is -0.0659. The second-order valence-corrected chi connectivity index (χ2v) is 3.86. The minimum atomic E-state index is -4.43. The Bertz CT molecular complexity index is 443. The summed E-state index contributed by atoms with van der Waals surface area (Å²) in [4.78, 5) is 3.62. The minimum Gasteiger partial charge on any atom is -0.246 e. The van der Waals surface area contributed by atoms with Crippen LogP contribution in [0.1, 0.15) is 37.4 Å². The highest BCUT2D eigenvalue weighted by molar-refractivity contribution is 6.31. The smallest absolute Gasteiger partial charge is 0.246 e. The van der Waals surface area contributed by atoms with Crippen molar-refractivity contribution < 1.29 is 13.2 Å². The molecule has 5 heteroatoms. The molecule has 0 saturated heterocycles. The zero-order valence-corrected chi connectivity index (χ0v) is 9.99. The van der Waals surface area contributed by atoms with Gasteiger partial charge in [-0.2, -0.15) is 13.2 Å². The summed E-state index contributed by atoms with van der Waals surface area (Å²) in [5.41, 5.74) is -0.669. The minimum absolute atomic E-state index is 0.0659. The highest BCUT2D eigenvalue weighted by Gasteiger charge is 2.31. The van der Waals surface area contributed by atoms with E-state index in [1.165, 1.54) is 0 Å². The van der Waals surface area contributed by atoms with Crippen molar-refractivity contribution in [3.63, 3.8) is 0 Å². The van der Waals surface area contributed by atoms with Crippen molar-refractivity contribution in [1.29, 1.82) is 0 Å². The molecular formula is C12H11ClF3N. The zero-order valence-electron chi connectivity index (χ0n) is 9.24. The maximum Gasteiger partial charge on any atom is 0.417 e. The van der Waals surface area contributed by atoms with Crippen LogP contribution in [-0.2, 0) is 6.18 Å². The van der Waals surface area contributed by atoms with Crippen molar-refractivity contribution in [3.05, 3.63) is 28.5 Å². The quantitative estimate of drug-likeness (QED) is 0.571. The summed E-state index contributed by atoms with van der Waals surface area (Å²) in [5.74, 6) is 5.49. The summed E-state index contributed by atoms with van der Waals surface area (Å²) in [6.45, 7) is 2.03. The van der Waals surface area contributed by atoms with Gasteiger partial charge in [0.25, 0.3) is 0 Å². The fourth-order valence-corrected chi connectivity index (χ4v) is 1.31. The molecule has 1 aromatic rings. The lowest BCUT2D eigenvalue weighted by Crippen LogP contribution is -2.05. The highest BCUT2D eigenvalue weighted by atomic mass is 35.5. The first-order valence-electron chi connectivity index (χ1n) is 5.16. The van der Waals surface area contributed by atoms with Gasteiger partial charge in [0.15, 0.2) is 0 Å². The first-order valence-corrected chi connectivity index (χ1v) is 5.54. The van der Waals surface area contributed by atoms with Crippen LogP contribution in [0, 0.1) is 11.8 Å². The molecule has 17 heavy (non-hydrogen) atoms. The van der Waals surface area contributed by atoms with E-state index in [4.69, 9.17) is 11.6 Å². The van der Waals surface area contributed by atoms with Crippen LogP contribution >= 0.6 is 11.6 Å². The normalized spacial score (nSPS) is 10.9. The molecule has 0 aromatic carbocycles. The van der Waals surface area contributed by atoms with Gasteiger partial charge in [0.1, 0.15) is 5.69 Å². The van der Waals surface area contributed by atoms with E-state index in [-0.39, 0.29) is 10.7 Å². The lowest BCUT2D eigenvalue weighted by molar-refractivity contribution is -0.137. The van der Waals surface area contributed by atoms with Crippen molar-refractivity contribution >= 4 is 11.6 Å². The molecule has 0 bridgehead atoms. The number of halogens is 4. The molecule has 92 valence electrons. The van der Waals surface area contributed by atoms with Crippen LogP contribution in [0.3, 0.4) is 0 Å². The Morgan fingerprint density at radius 2 is 2.12 bits per heavy atom. The number of rotatable bonds is 2. The third-order valence-electron chi connectivity index (χ3n) is 2.03. The molecule has 0 amide bonds.